The molecule has 2 fully saturated rings. The highest BCUT2D eigenvalue weighted by Gasteiger charge is 2.59. The topological polar surface area (TPSA) is 69.2 Å². The molecule has 2 aliphatic rings. The van der Waals surface area contributed by atoms with Crippen LogP contribution >= 0.6 is 12.6 Å². The van der Waals surface area contributed by atoms with Crippen molar-refractivity contribution < 1.29 is 17.9 Å². The molecule has 0 aromatic carbocycles. The average Bonchev–Trinajstić information content (AvgIpc) is 2.99. The van der Waals surface area contributed by atoms with Crippen LogP contribution in [-0.2, 0) is 0 Å². The van der Waals surface area contributed by atoms with Crippen LogP contribution in [0.2, 0.25) is 0 Å². The second-order valence-corrected chi connectivity index (χ2v) is 10.00. The number of nitrogens with two attached hydrogens (primary N) is 1. The Hall–Kier alpha value is -1.94. The first-order valence-electron chi connectivity index (χ1n) is 9.93. The Balaban J connectivity index is 1.62. The number of nitrogen functional groups attached to an aromatic ring is 1. The van der Waals surface area contributed by atoms with Gasteiger partial charge in [0.1, 0.15) is 0 Å². The van der Waals surface area contributed by atoms with E-state index in [1.54, 1.807) is 0 Å². The number of hydrogen-bond donors (Lipinski definition) is 2. The molecule has 164 valence electrons. The summed E-state index contributed by atoms with van der Waals surface area (Å²) in [7, 11) is 0. The Bertz CT molecular complexity index is 941. The largest absolute Gasteiger partial charge is 0.573 e. The summed E-state index contributed by atoms with van der Waals surface area (Å²) < 4.78 is 43.9. The van der Waals surface area contributed by atoms with E-state index in [2.05, 4.69) is 46.2 Å². The van der Waals surface area contributed by atoms with E-state index in [1.165, 1.54) is 12.3 Å². The van der Waals surface area contributed by atoms with Crippen LogP contribution in [0.25, 0.3) is 11.3 Å². The van der Waals surface area contributed by atoms with Crippen molar-refractivity contribution in [2.75, 3.05) is 18.8 Å². The number of ether oxygens (including phenoxy) is 1. The fourth-order valence-corrected chi connectivity index (χ4v) is 4.59. The number of piperidine rings is 1. The van der Waals surface area contributed by atoms with Gasteiger partial charge in [-0.2, -0.15) is 17.7 Å². The van der Waals surface area contributed by atoms with Crippen LogP contribution in [0.1, 0.15) is 45.3 Å². The van der Waals surface area contributed by atoms with E-state index in [4.69, 9.17) is 5.73 Å². The molecule has 1 saturated carbocycles. The molecule has 1 aliphatic carbocycles. The number of alkyl halides is 3. The maximum absolute atomic E-state index is 12.7. The van der Waals surface area contributed by atoms with E-state index < -0.39 is 12.1 Å². The first-order valence-corrected chi connectivity index (χ1v) is 10.4. The Morgan fingerprint density at radius 3 is 2.37 bits per heavy atom. The number of fused-ring (bicyclic) bond motifs is 1. The van der Waals surface area contributed by atoms with Gasteiger partial charge in [0.2, 0.25) is 0 Å². The van der Waals surface area contributed by atoms with Crippen molar-refractivity contribution in [3.8, 4) is 17.0 Å². The Morgan fingerprint density at radius 1 is 1.20 bits per heavy atom. The lowest BCUT2D eigenvalue weighted by atomic mass is 10.1. The van der Waals surface area contributed by atoms with Crippen molar-refractivity contribution in [3.63, 3.8) is 0 Å². The molecule has 1 saturated heterocycles. The van der Waals surface area contributed by atoms with Crippen LogP contribution in [0.3, 0.4) is 0 Å². The molecule has 0 radical (unpaired) electrons. The van der Waals surface area contributed by atoms with Gasteiger partial charge in [-0.05, 0) is 51.7 Å². The number of anilines is 1. The van der Waals surface area contributed by atoms with Crippen molar-refractivity contribution in [1.29, 1.82) is 0 Å². The third-order valence-electron chi connectivity index (χ3n) is 5.97. The van der Waals surface area contributed by atoms with Crippen molar-refractivity contribution in [1.82, 2.24) is 19.7 Å². The van der Waals surface area contributed by atoms with E-state index in [1.807, 2.05) is 24.6 Å². The summed E-state index contributed by atoms with van der Waals surface area (Å²) in [5.74, 6) is 0.661. The highest BCUT2D eigenvalue weighted by Crippen LogP contribution is 2.60. The van der Waals surface area contributed by atoms with Crippen LogP contribution in [-0.4, -0.2) is 44.0 Å². The van der Waals surface area contributed by atoms with Crippen molar-refractivity contribution in [2.45, 2.75) is 50.9 Å². The Labute approximate surface area is 179 Å². The third kappa shape index (κ3) is 3.99. The number of likely N-dealkylation sites (tertiary alicyclic amines) is 1. The number of hydrogen-bond acceptors (Lipinski definition) is 6. The number of aromatic nitrogens is 3. The first kappa shape index (κ1) is 21.3. The van der Waals surface area contributed by atoms with E-state index in [9.17, 15) is 13.2 Å². The summed E-state index contributed by atoms with van der Waals surface area (Å²) in [5.41, 5.74) is 7.67. The summed E-state index contributed by atoms with van der Waals surface area (Å²) in [4.78, 5) is 6.10. The van der Waals surface area contributed by atoms with Crippen LogP contribution in [0.15, 0.2) is 18.3 Å². The summed E-state index contributed by atoms with van der Waals surface area (Å²) in [5, 5.41) is 4.67. The molecule has 2 aromatic heterocycles. The maximum atomic E-state index is 12.7. The van der Waals surface area contributed by atoms with Gasteiger partial charge in [0.15, 0.2) is 11.6 Å². The molecule has 0 spiro atoms. The van der Waals surface area contributed by atoms with Crippen LogP contribution < -0.4 is 10.5 Å². The molecular weight excluding hydrogens is 415 g/mol. The summed E-state index contributed by atoms with van der Waals surface area (Å²) in [6.45, 7) is 10.2. The van der Waals surface area contributed by atoms with Crippen LogP contribution in [0.4, 0.5) is 19.0 Å². The minimum Gasteiger partial charge on any atom is -0.402 e. The van der Waals surface area contributed by atoms with E-state index >= 15 is 0 Å². The predicted molar refractivity (Wildman–Crippen MR) is 111 cm³/mol. The van der Waals surface area contributed by atoms with Crippen LogP contribution in [0, 0.1) is 11.8 Å². The quantitative estimate of drug-likeness (QED) is 0.677. The van der Waals surface area contributed by atoms with Gasteiger partial charge in [0, 0.05) is 42.5 Å². The lowest BCUT2D eigenvalue weighted by Gasteiger charge is -2.32. The summed E-state index contributed by atoms with van der Waals surface area (Å²) in [6, 6.07) is 3.33. The smallest absolute Gasteiger partial charge is 0.402 e. The summed E-state index contributed by atoms with van der Waals surface area (Å²) in [6.07, 6.45) is -3.41. The maximum Gasteiger partial charge on any atom is 0.573 e. The number of pyridine rings is 1. The zero-order valence-electron chi connectivity index (χ0n) is 17.3. The van der Waals surface area contributed by atoms with Gasteiger partial charge in [-0.25, -0.2) is 4.98 Å². The van der Waals surface area contributed by atoms with E-state index in [-0.39, 0.29) is 16.7 Å². The van der Waals surface area contributed by atoms with Crippen molar-refractivity contribution in [3.05, 3.63) is 24.0 Å². The fourth-order valence-electron chi connectivity index (χ4n) is 4.43. The van der Waals surface area contributed by atoms with Crippen molar-refractivity contribution in [2.24, 2.45) is 11.8 Å². The van der Waals surface area contributed by atoms with Crippen molar-refractivity contribution >= 4 is 18.4 Å². The second-order valence-electron chi connectivity index (χ2n) is 8.90. The molecule has 0 unspecified atom stereocenters. The zero-order chi connectivity index (χ0) is 22.0. The Kier molecular flexibility index (Phi) is 5.00. The normalized spacial score (nSPS) is 24.4. The van der Waals surface area contributed by atoms with Gasteiger partial charge in [-0.3, -0.25) is 9.58 Å². The zero-order valence-corrected chi connectivity index (χ0v) is 18.2. The molecule has 0 amide bonds. The molecule has 0 bridgehead atoms. The molecule has 2 aromatic rings. The fraction of sp³-hybridized carbons (Fsp3) is 0.600. The monoisotopic (exact) mass is 441 g/mol. The van der Waals surface area contributed by atoms with E-state index in [0.29, 0.717) is 29.0 Å². The number of nitrogens with zero attached hydrogens (tertiary/aromatic N) is 4. The minimum atomic E-state index is -4.84. The molecule has 10 heteroatoms. The van der Waals surface area contributed by atoms with Gasteiger partial charge in [-0.1, -0.05) is 0 Å². The minimum absolute atomic E-state index is 0.125. The van der Waals surface area contributed by atoms with Crippen LogP contribution in [0.5, 0.6) is 5.75 Å². The molecular formula is C20H26F3N5OS. The van der Waals surface area contributed by atoms with Gasteiger partial charge in [0.05, 0.1) is 10.6 Å². The molecule has 3 heterocycles. The first-order chi connectivity index (χ1) is 13.8. The predicted octanol–water partition coefficient (Wildman–Crippen LogP) is 4.32. The average molecular weight is 442 g/mol. The number of halogens is 3. The van der Waals surface area contributed by atoms with E-state index in [0.717, 1.165) is 18.8 Å². The lowest BCUT2D eigenvalue weighted by Crippen LogP contribution is -2.39. The molecule has 2 N–H and O–H groups in total. The second kappa shape index (κ2) is 7.05. The Morgan fingerprint density at radius 2 is 1.83 bits per heavy atom. The van der Waals surface area contributed by atoms with Gasteiger partial charge >= 0.3 is 6.36 Å². The number of thiol groups is 1. The standard InChI is InChI=1S/C20H26F3N5OS/c1-10(2)28-15(17-12-8-27(9-13(12)17)19(3,4)30)6-14(26-28)11-5-16(18(24)25-7-11)29-20(21,22)23/h5-7,10,12-13,17,30H,8-9H2,1-4H3,(H2,24,25)/t12-,13+,17+. The van der Waals surface area contributed by atoms with Gasteiger partial charge in [-0.15, -0.1) is 13.2 Å². The molecule has 6 nitrogen and oxygen atoms in total. The highest BCUT2D eigenvalue weighted by molar-refractivity contribution is 7.81. The molecule has 4 rings (SSSR count). The van der Waals surface area contributed by atoms with Gasteiger partial charge < -0.3 is 10.5 Å². The SMILES string of the molecule is CC(C)n1nc(-c2cnc(N)c(OC(F)(F)F)c2)cc1[C@H]1[C@@H]2CN(C(C)(C)S)C[C@@H]21. The molecule has 1 aliphatic heterocycles. The number of rotatable bonds is 5. The molecule has 3 atom stereocenters. The van der Waals surface area contributed by atoms with Gasteiger partial charge in [0.25, 0.3) is 0 Å². The third-order valence-corrected chi connectivity index (χ3v) is 6.25. The summed E-state index contributed by atoms with van der Waals surface area (Å²) >= 11 is 4.68. The highest BCUT2D eigenvalue weighted by atomic mass is 32.1. The lowest BCUT2D eigenvalue weighted by molar-refractivity contribution is -0.274. The molecule has 30 heavy (non-hydrogen) atoms.